The predicted octanol–water partition coefficient (Wildman–Crippen LogP) is 17.1. The van der Waals surface area contributed by atoms with E-state index in [1.165, 1.54) is 38.5 Å². The van der Waals surface area contributed by atoms with E-state index in [4.69, 9.17) is 8.83 Å². The van der Waals surface area contributed by atoms with Crippen molar-refractivity contribution in [3.8, 4) is 39.1 Å². The van der Waals surface area contributed by atoms with Gasteiger partial charge in [0, 0.05) is 55.1 Å². The molecule has 3 heterocycles. The van der Waals surface area contributed by atoms with Crippen LogP contribution in [0, 0.1) is 0 Å². The molecule has 0 spiro atoms. The van der Waals surface area contributed by atoms with Gasteiger partial charge in [0.25, 0.3) is 0 Å². The Morgan fingerprint density at radius 2 is 0.594 bits per heavy atom. The standard InChI is InChI=1S/C60H38N2O2/c1-5-13-55-49(9-1)50-10-2-6-14-56(50)62(55)48-33-31-47(32-34-48)61(46-29-23-42(24-30-46)44-26-36-60-54(38-44)52-12-4-8-16-58(52)64-60)45-27-21-40(22-28-45)39-17-19-41(20-18-39)43-25-35-59-53(37-43)51-11-3-7-15-57(51)63-59/h1-38H. The van der Waals surface area contributed by atoms with Crippen molar-refractivity contribution in [1.82, 2.24) is 4.57 Å². The van der Waals surface area contributed by atoms with Crippen molar-refractivity contribution in [2.75, 3.05) is 4.90 Å². The first-order valence-corrected chi connectivity index (χ1v) is 21.7. The molecule has 10 aromatic carbocycles. The second-order valence-electron chi connectivity index (χ2n) is 16.5. The zero-order chi connectivity index (χ0) is 42.1. The average molecular weight is 819 g/mol. The van der Waals surface area contributed by atoms with Crippen LogP contribution in [0.15, 0.2) is 239 Å². The first kappa shape index (κ1) is 36.1. The molecular formula is C60H38N2O2. The smallest absolute Gasteiger partial charge is 0.135 e. The molecule has 3 aromatic heterocycles. The molecule has 0 radical (unpaired) electrons. The van der Waals surface area contributed by atoms with Gasteiger partial charge in [0.05, 0.1) is 11.0 Å². The summed E-state index contributed by atoms with van der Waals surface area (Å²) in [7, 11) is 0. The van der Waals surface area contributed by atoms with E-state index < -0.39 is 0 Å². The topological polar surface area (TPSA) is 34.5 Å². The van der Waals surface area contributed by atoms with E-state index in [0.29, 0.717) is 0 Å². The molecule has 13 rings (SSSR count). The highest BCUT2D eigenvalue weighted by atomic mass is 16.3. The summed E-state index contributed by atoms with van der Waals surface area (Å²) in [6.45, 7) is 0. The summed E-state index contributed by atoms with van der Waals surface area (Å²) in [4.78, 5) is 2.34. The highest BCUT2D eigenvalue weighted by molar-refractivity contribution is 6.10. The van der Waals surface area contributed by atoms with Crippen LogP contribution in [-0.2, 0) is 0 Å². The number of hydrogen-bond donors (Lipinski definition) is 0. The third-order valence-electron chi connectivity index (χ3n) is 12.8. The lowest BCUT2D eigenvalue weighted by Crippen LogP contribution is -2.10. The first-order valence-electron chi connectivity index (χ1n) is 21.7. The van der Waals surface area contributed by atoms with Gasteiger partial charge in [-0.3, -0.25) is 0 Å². The van der Waals surface area contributed by atoms with Crippen LogP contribution in [0.4, 0.5) is 17.1 Å². The zero-order valence-electron chi connectivity index (χ0n) is 34.7. The summed E-state index contributed by atoms with van der Waals surface area (Å²) in [6.07, 6.45) is 0. The van der Waals surface area contributed by atoms with E-state index in [1.807, 2.05) is 24.3 Å². The number of para-hydroxylation sites is 4. The van der Waals surface area contributed by atoms with Gasteiger partial charge in [-0.05, 0) is 130 Å². The van der Waals surface area contributed by atoms with Gasteiger partial charge in [-0.15, -0.1) is 0 Å². The molecule has 13 aromatic rings. The van der Waals surface area contributed by atoms with Gasteiger partial charge >= 0.3 is 0 Å². The fourth-order valence-corrected chi connectivity index (χ4v) is 9.67. The van der Waals surface area contributed by atoms with E-state index in [2.05, 4.69) is 216 Å². The fourth-order valence-electron chi connectivity index (χ4n) is 9.67. The van der Waals surface area contributed by atoms with Crippen LogP contribution < -0.4 is 4.90 Å². The van der Waals surface area contributed by atoms with Gasteiger partial charge in [0.1, 0.15) is 22.3 Å². The minimum atomic E-state index is 0.901. The summed E-state index contributed by atoms with van der Waals surface area (Å²) < 4.78 is 14.6. The molecule has 0 unspecified atom stereocenters. The highest BCUT2D eigenvalue weighted by Crippen LogP contribution is 2.40. The van der Waals surface area contributed by atoms with Crippen molar-refractivity contribution in [2.45, 2.75) is 0 Å². The number of fused-ring (bicyclic) bond motifs is 9. The molecule has 0 saturated carbocycles. The monoisotopic (exact) mass is 818 g/mol. The van der Waals surface area contributed by atoms with E-state index in [1.54, 1.807) is 0 Å². The third-order valence-corrected chi connectivity index (χ3v) is 12.8. The number of nitrogens with zero attached hydrogens (tertiary/aromatic N) is 2. The Morgan fingerprint density at radius 3 is 1.05 bits per heavy atom. The maximum absolute atomic E-state index is 6.14. The number of hydrogen-bond acceptors (Lipinski definition) is 3. The number of rotatable bonds is 7. The second-order valence-corrected chi connectivity index (χ2v) is 16.5. The SMILES string of the molecule is c1ccc2c(c1)oc1ccc(-c3ccc(-c4ccc(N(c5ccc(-c6ccc7oc8ccccc8c7c6)cc5)c5ccc(-n6c7ccccc7c7ccccc76)cc5)cc4)cc3)cc12. The van der Waals surface area contributed by atoms with Crippen LogP contribution in [-0.4, -0.2) is 4.57 Å². The van der Waals surface area contributed by atoms with E-state index in [0.717, 1.165) is 83.3 Å². The quantitative estimate of drug-likeness (QED) is 0.161. The van der Waals surface area contributed by atoms with Crippen molar-refractivity contribution in [1.29, 1.82) is 0 Å². The molecule has 4 nitrogen and oxygen atoms in total. The predicted molar refractivity (Wildman–Crippen MR) is 266 cm³/mol. The third kappa shape index (κ3) is 5.92. The normalized spacial score (nSPS) is 11.8. The second kappa shape index (κ2) is 14.5. The van der Waals surface area contributed by atoms with Gasteiger partial charge in [-0.25, -0.2) is 0 Å². The van der Waals surface area contributed by atoms with Crippen molar-refractivity contribution in [2.24, 2.45) is 0 Å². The van der Waals surface area contributed by atoms with E-state index in [9.17, 15) is 0 Å². The number of benzene rings is 10. The van der Waals surface area contributed by atoms with Crippen LogP contribution in [0.25, 0.3) is 105 Å². The molecule has 0 saturated heterocycles. The summed E-state index contributed by atoms with van der Waals surface area (Å²) in [6, 6.07) is 82.4. The lowest BCUT2D eigenvalue weighted by Gasteiger charge is -2.26. The first-order chi connectivity index (χ1) is 31.7. The van der Waals surface area contributed by atoms with Crippen LogP contribution in [0.5, 0.6) is 0 Å². The van der Waals surface area contributed by atoms with Crippen molar-refractivity contribution >= 4 is 82.7 Å². The van der Waals surface area contributed by atoms with E-state index in [-0.39, 0.29) is 0 Å². The molecule has 0 aliphatic carbocycles. The zero-order valence-corrected chi connectivity index (χ0v) is 34.7. The number of anilines is 3. The van der Waals surface area contributed by atoms with Crippen molar-refractivity contribution < 1.29 is 8.83 Å². The molecule has 0 bridgehead atoms. The molecule has 0 N–H and O–H groups in total. The molecule has 4 heteroatoms. The molecule has 0 amide bonds. The van der Waals surface area contributed by atoms with Gasteiger partial charge in [-0.1, -0.05) is 133 Å². The Morgan fingerprint density at radius 1 is 0.266 bits per heavy atom. The van der Waals surface area contributed by atoms with Crippen LogP contribution in [0.3, 0.4) is 0 Å². The molecule has 300 valence electrons. The Balaban J connectivity index is 0.856. The lowest BCUT2D eigenvalue weighted by molar-refractivity contribution is 0.668. The maximum Gasteiger partial charge on any atom is 0.135 e. The minimum absolute atomic E-state index is 0.901. The number of aromatic nitrogens is 1. The van der Waals surface area contributed by atoms with Gasteiger partial charge in [0.2, 0.25) is 0 Å². The maximum atomic E-state index is 6.14. The van der Waals surface area contributed by atoms with Gasteiger partial charge in [0.15, 0.2) is 0 Å². The van der Waals surface area contributed by atoms with Crippen LogP contribution in [0.2, 0.25) is 0 Å². The molecule has 0 fully saturated rings. The van der Waals surface area contributed by atoms with Crippen LogP contribution >= 0.6 is 0 Å². The van der Waals surface area contributed by atoms with Crippen molar-refractivity contribution in [3.05, 3.63) is 231 Å². The van der Waals surface area contributed by atoms with E-state index >= 15 is 0 Å². The molecule has 0 atom stereocenters. The van der Waals surface area contributed by atoms with Gasteiger partial charge in [-0.2, -0.15) is 0 Å². The fraction of sp³-hybridized carbons (Fsp3) is 0. The highest BCUT2D eigenvalue weighted by Gasteiger charge is 2.17. The summed E-state index contributed by atoms with van der Waals surface area (Å²) in [5.74, 6) is 0. The lowest BCUT2D eigenvalue weighted by atomic mass is 9.99. The van der Waals surface area contributed by atoms with Crippen LogP contribution in [0.1, 0.15) is 0 Å². The molecule has 0 aliphatic heterocycles. The molecule has 64 heavy (non-hydrogen) atoms. The summed E-state index contributed by atoms with van der Waals surface area (Å²) in [5, 5.41) is 7.04. The summed E-state index contributed by atoms with van der Waals surface area (Å²) >= 11 is 0. The van der Waals surface area contributed by atoms with Crippen molar-refractivity contribution in [3.63, 3.8) is 0 Å². The van der Waals surface area contributed by atoms with Gasteiger partial charge < -0.3 is 18.3 Å². The minimum Gasteiger partial charge on any atom is -0.456 e. The Labute approximate surface area is 369 Å². The molecule has 0 aliphatic rings. The Bertz CT molecular complexity index is 3820. The Hall–Kier alpha value is -8.60. The number of furan rings is 2. The summed E-state index contributed by atoms with van der Waals surface area (Å²) in [5.41, 5.74) is 17.3. The largest absolute Gasteiger partial charge is 0.456 e. The average Bonchev–Trinajstić information content (AvgIpc) is 4.04. The Kier molecular flexibility index (Phi) is 8.18. The molecular weight excluding hydrogens is 781 g/mol.